The van der Waals surface area contributed by atoms with Crippen molar-refractivity contribution < 1.29 is 18.3 Å². The van der Waals surface area contributed by atoms with Gasteiger partial charge >= 0.3 is 0 Å². The molecule has 0 spiro atoms. The van der Waals surface area contributed by atoms with Gasteiger partial charge in [-0.25, -0.2) is 8.42 Å². The van der Waals surface area contributed by atoms with Crippen molar-refractivity contribution in [2.75, 3.05) is 13.1 Å². The number of sulfonamides is 1. The molecule has 1 heterocycles. The van der Waals surface area contributed by atoms with Gasteiger partial charge in [0.2, 0.25) is 10.0 Å². The van der Waals surface area contributed by atoms with E-state index in [9.17, 15) is 18.5 Å². The van der Waals surface area contributed by atoms with Crippen molar-refractivity contribution in [1.82, 2.24) is 4.31 Å². The minimum absolute atomic E-state index is 0.00152. The van der Waals surface area contributed by atoms with E-state index in [1.165, 1.54) is 4.31 Å². The minimum atomic E-state index is -3.65. The zero-order chi connectivity index (χ0) is 15.6. The predicted molar refractivity (Wildman–Crippen MR) is 75.6 cm³/mol. The molecule has 0 N–H and O–H groups in total. The fourth-order valence-corrected chi connectivity index (χ4v) is 4.09. The molecule has 0 bridgehead atoms. The van der Waals surface area contributed by atoms with Crippen LogP contribution in [0.3, 0.4) is 0 Å². The van der Waals surface area contributed by atoms with Crippen LogP contribution in [0.4, 0.5) is 0 Å². The summed E-state index contributed by atoms with van der Waals surface area (Å²) in [5.41, 5.74) is 0.968. The van der Waals surface area contributed by atoms with Gasteiger partial charge in [-0.1, -0.05) is 24.6 Å². The third kappa shape index (κ3) is 3.70. The first kappa shape index (κ1) is 15.7. The maximum Gasteiger partial charge on any atom is 0.294 e. The van der Waals surface area contributed by atoms with Crippen molar-refractivity contribution in [2.45, 2.75) is 31.3 Å². The van der Waals surface area contributed by atoms with Gasteiger partial charge in [-0.05, 0) is 31.4 Å². The van der Waals surface area contributed by atoms with Gasteiger partial charge < -0.3 is 4.84 Å². The summed E-state index contributed by atoms with van der Waals surface area (Å²) < 4.78 is 26.4. The molecule has 1 aliphatic heterocycles. The van der Waals surface area contributed by atoms with Crippen LogP contribution in [0.5, 0.6) is 0 Å². The number of rotatable bonds is 4. The quantitative estimate of drug-likeness (QED) is 0.622. The highest BCUT2D eigenvalue weighted by Gasteiger charge is 2.34. The SMILES string of the molecule is Cc1ccc(S(=O)(=O)N2CC(C)CC(O[N+](=O)[O-])C2)cc1. The topological polar surface area (TPSA) is 89.8 Å². The van der Waals surface area contributed by atoms with E-state index in [-0.39, 0.29) is 17.4 Å². The smallest absolute Gasteiger partial charge is 0.294 e. The Labute approximate surface area is 123 Å². The molecule has 2 unspecified atom stereocenters. The number of hydrogen-bond donors (Lipinski definition) is 0. The van der Waals surface area contributed by atoms with Crippen LogP contribution in [0.1, 0.15) is 18.9 Å². The highest BCUT2D eigenvalue weighted by atomic mass is 32.2. The Morgan fingerprint density at radius 2 is 1.90 bits per heavy atom. The Morgan fingerprint density at radius 3 is 2.48 bits per heavy atom. The molecule has 1 fully saturated rings. The fraction of sp³-hybridized carbons (Fsp3) is 0.538. The molecule has 0 aliphatic carbocycles. The standard InChI is InChI=1S/C13H18N2O5S/c1-10-3-5-13(6-4-10)21(18,19)14-8-11(2)7-12(9-14)20-15(16)17/h3-6,11-12H,7-9H2,1-2H3. The summed E-state index contributed by atoms with van der Waals surface area (Å²) in [6.07, 6.45) is -0.245. The van der Waals surface area contributed by atoms with Gasteiger partial charge in [-0.2, -0.15) is 4.31 Å². The molecule has 7 nitrogen and oxygen atoms in total. The monoisotopic (exact) mass is 314 g/mol. The lowest BCUT2D eigenvalue weighted by atomic mass is 10.00. The van der Waals surface area contributed by atoms with E-state index in [1.807, 2.05) is 13.8 Å². The van der Waals surface area contributed by atoms with Crippen molar-refractivity contribution in [3.8, 4) is 0 Å². The molecular weight excluding hydrogens is 296 g/mol. The van der Waals surface area contributed by atoms with Crippen LogP contribution < -0.4 is 0 Å². The lowest BCUT2D eigenvalue weighted by Gasteiger charge is -2.34. The van der Waals surface area contributed by atoms with E-state index in [0.717, 1.165) is 5.56 Å². The molecule has 0 aromatic heterocycles. The Hall–Kier alpha value is -1.67. The van der Waals surface area contributed by atoms with Crippen LogP contribution in [-0.4, -0.2) is 37.0 Å². The van der Waals surface area contributed by atoms with Crippen LogP contribution in [-0.2, 0) is 14.9 Å². The van der Waals surface area contributed by atoms with E-state index in [4.69, 9.17) is 0 Å². The van der Waals surface area contributed by atoms with Gasteiger partial charge in [-0.3, -0.25) is 0 Å². The largest absolute Gasteiger partial charge is 0.309 e. The maximum atomic E-state index is 12.6. The highest BCUT2D eigenvalue weighted by Crippen LogP contribution is 2.25. The second-order valence-electron chi connectivity index (χ2n) is 5.43. The molecule has 2 rings (SSSR count). The number of benzene rings is 1. The molecule has 0 amide bonds. The first-order chi connectivity index (χ1) is 9.79. The molecule has 2 atom stereocenters. The molecular formula is C13H18N2O5S. The van der Waals surface area contributed by atoms with Crippen molar-refractivity contribution in [3.05, 3.63) is 39.9 Å². The van der Waals surface area contributed by atoms with Crippen molar-refractivity contribution in [2.24, 2.45) is 5.92 Å². The van der Waals surface area contributed by atoms with Gasteiger partial charge in [0.1, 0.15) is 6.10 Å². The molecule has 1 aromatic carbocycles. The van der Waals surface area contributed by atoms with Crippen LogP contribution in [0, 0.1) is 23.0 Å². The summed E-state index contributed by atoms with van der Waals surface area (Å²) in [5, 5.41) is 9.59. The third-order valence-corrected chi connectivity index (χ3v) is 5.33. The summed E-state index contributed by atoms with van der Waals surface area (Å²) in [6.45, 7) is 4.07. The third-order valence-electron chi connectivity index (χ3n) is 3.48. The number of hydrogen-bond acceptors (Lipinski definition) is 5. The fourth-order valence-electron chi connectivity index (χ4n) is 2.50. The minimum Gasteiger partial charge on any atom is -0.309 e. The van der Waals surface area contributed by atoms with Crippen LogP contribution in [0.15, 0.2) is 29.2 Å². The summed E-state index contributed by atoms with van der Waals surface area (Å²) >= 11 is 0. The van der Waals surface area contributed by atoms with Crippen molar-refractivity contribution in [3.63, 3.8) is 0 Å². The molecule has 21 heavy (non-hydrogen) atoms. The second-order valence-corrected chi connectivity index (χ2v) is 7.36. The Kier molecular flexibility index (Phi) is 4.48. The maximum absolute atomic E-state index is 12.6. The van der Waals surface area contributed by atoms with E-state index < -0.39 is 21.2 Å². The molecule has 0 saturated carbocycles. The van der Waals surface area contributed by atoms with Crippen LogP contribution >= 0.6 is 0 Å². The molecule has 116 valence electrons. The molecule has 1 saturated heterocycles. The Bertz CT molecular complexity index is 614. The van der Waals surface area contributed by atoms with E-state index in [0.29, 0.717) is 13.0 Å². The van der Waals surface area contributed by atoms with Crippen molar-refractivity contribution in [1.29, 1.82) is 0 Å². The van der Waals surface area contributed by atoms with Gasteiger partial charge in [0.05, 0.1) is 4.90 Å². The van der Waals surface area contributed by atoms with Crippen LogP contribution in [0.2, 0.25) is 0 Å². The van der Waals surface area contributed by atoms with E-state index >= 15 is 0 Å². The van der Waals surface area contributed by atoms with E-state index in [1.54, 1.807) is 24.3 Å². The zero-order valence-corrected chi connectivity index (χ0v) is 12.7. The lowest BCUT2D eigenvalue weighted by molar-refractivity contribution is -0.769. The summed E-state index contributed by atoms with van der Waals surface area (Å²) in [6, 6.07) is 6.55. The molecule has 1 aromatic rings. The van der Waals surface area contributed by atoms with Gasteiger partial charge in [-0.15, -0.1) is 10.1 Å². The van der Waals surface area contributed by atoms with Gasteiger partial charge in [0, 0.05) is 13.1 Å². The summed E-state index contributed by atoms with van der Waals surface area (Å²) in [7, 11) is -3.65. The predicted octanol–water partition coefficient (Wildman–Crippen LogP) is 1.60. The highest BCUT2D eigenvalue weighted by molar-refractivity contribution is 7.89. The van der Waals surface area contributed by atoms with E-state index in [2.05, 4.69) is 4.84 Å². The average molecular weight is 314 g/mol. The zero-order valence-electron chi connectivity index (χ0n) is 11.9. The molecule has 8 heteroatoms. The lowest BCUT2D eigenvalue weighted by Crippen LogP contribution is -2.46. The average Bonchev–Trinajstić information content (AvgIpc) is 2.37. The summed E-state index contributed by atoms with van der Waals surface area (Å²) in [4.78, 5) is 15.2. The number of nitrogens with zero attached hydrogens (tertiary/aromatic N) is 2. The first-order valence-corrected chi connectivity index (χ1v) is 8.11. The molecule has 0 radical (unpaired) electrons. The summed E-state index contributed by atoms with van der Waals surface area (Å²) in [5.74, 6) is 0.00363. The number of piperidine rings is 1. The van der Waals surface area contributed by atoms with Gasteiger partial charge in [0.25, 0.3) is 5.09 Å². The second kappa shape index (κ2) is 5.98. The van der Waals surface area contributed by atoms with Gasteiger partial charge in [0.15, 0.2) is 0 Å². The first-order valence-electron chi connectivity index (χ1n) is 6.67. The van der Waals surface area contributed by atoms with Crippen molar-refractivity contribution >= 4 is 10.0 Å². The Balaban J connectivity index is 2.22. The Morgan fingerprint density at radius 1 is 1.29 bits per heavy atom. The number of aryl methyl sites for hydroxylation is 1. The molecule has 1 aliphatic rings. The normalized spacial score (nSPS) is 23.7. The van der Waals surface area contributed by atoms with Crippen LogP contribution in [0.25, 0.3) is 0 Å².